The summed E-state index contributed by atoms with van der Waals surface area (Å²) in [6.45, 7) is 6.53. The minimum absolute atomic E-state index is 0.00778. The third kappa shape index (κ3) is 2.52. The Morgan fingerprint density at radius 2 is 1.80 bits per heavy atom. The normalized spacial score (nSPS) is 10.3. The summed E-state index contributed by atoms with van der Waals surface area (Å²) >= 11 is 0. The maximum Gasteiger partial charge on any atom is 0.258 e. The molecular weight excluding hydrogens is 248 g/mol. The van der Waals surface area contributed by atoms with Gasteiger partial charge in [0.2, 0.25) is 0 Å². The molecule has 0 unspecified atom stereocenters. The number of rotatable bonds is 3. The van der Waals surface area contributed by atoms with Crippen molar-refractivity contribution in [1.29, 1.82) is 0 Å². The summed E-state index contributed by atoms with van der Waals surface area (Å²) in [4.78, 5) is 14.5. The predicted molar refractivity (Wildman–Crippen MR) is 84.1 cm³/mol. The van der Waals surface area contributed by atoms with Crippen molar-refractivity contribution in [2.45, 2.75) is 20.8 Å². The predicted octanol–water partition coefficient (Wildman–Crippen LogP) is 3.55. The van der Waals surface area contributed by atoms with E-state index in [0.29, 0.717) is 12.2 Å². The zero-order chi connectivity index (χ0) is 14.7. The fraction of sp³-hybridized carbons (Fsp3) is 0.235. The van der Waals surface area contributed by atoms with Gasteiger partial charge in [0.1, 0.15) is 0 Å². The van der Waals surface area contributed by atoms with Crippen molar-refractivity contribution in [3.05, 3.63) is 59.2 Å². The molecule has 0 saturated heterocycles. The first-order valence-corrected chi connectivity index (χ1v) is 6.78. The van der Waals surface area contributed by atoms with Crippen molar-refractivity contribution in [2.75, 3.05) is 17.2 Å². The van der Waals surface area contributed by atoms with Gasteiger partial charge in [-0.2, -0.15) is 0 Å². The highest BCUT2D eigenvalue weighted by molar-refractivity contribution is 6.08. The molecule has 2 N–H and O–H groups in total. The quantitative estimate of drug-likeness (QED) is 0.865. The number of nitrogens with two attached hydrogens (primary N) is 1. The molecule has 0 bridgehead atoms. The summed E-state index contributed by atoms with van der Waals surface area (Å²) < 4.78 is 0. The Morgan fingerprint density at radius 1 is 1.10 bits per heavy atom. The fourth-order valence-corrected chi connectivity index (χ4v) is 2.28. The van der Waals surface area contributed by atoms with Gasteiger partial charge in [-0.05, 0) is 50.1 Å². The Bertz CT molecular complexity index is 635. The van der Waals surface area contributed by atoms with Gasteiger partial charge in [0.25, 0.3) is 5.91 Å². The van der Waals surface area contributed by atoms with Crippen molar-refractivity contribution in [1.82, 2.24) is 0 Å². The number of amides is 1. The average molecular weight is 268 g/mol. The summed E-state index contributed by atoms with van der Waals surface area (Å²) in [5, 5.41) is 0. The topological polar surface area (TPSA) is 46.3 Å². The first-order valence-electron chi connectivity index (χ1n) is 6.78. The lowest BCUT2D eigenvalue weighted by molar-refractivity contribution is 0.0987. The molecule has 2 aromatic carbocycles. The summed E-state index contributed by atoms with van der Waals surface area (Å²) in [6.07, 6.45) is 0. The Balaban J connectivity index is 2.45. The Kier molecular flexibility index (Phi) is 4.08. The Hall–Kier alpha value is -2.29. The molecule has 3 heteroatoms. The van der Waals surface area contributed by atoms with Crippen LogP contribution in [0, 0.1) is 13.8 Å². The highest BCUT2D eigenvalue weighted by Crippen LogP contribution is 2.25. The van der Waals surface area contributed by atoms with E-state index in [1.807, 2.05) is 63.2 Å². The van der Waals surface area contributed by atoms with Crippen molar-refractivity contribution >= 4 is 17.3 Å². The molecule has 1 amide bonds. The zero-order valence-electron chi connectivity index (χ0n) is 12.2. The molecule has 2 rings (SSSR count). The smallest absolute Gasteiger partial charge is 0.258 e. The van der Waals surface area contributed by atoms with Crippen LogP contribution in [0.4, 0.5) is 11.4 Å². The molecule has 0 heterocycles. The van der Waals surface area contributed by atoms with E-state index in [0.717, 1.165) is 22.4 Å². The van der Waals surface area contributed by atoms with Crippen LogP contribution >= 0.6 is 0 Å². The maximum absolute atomic E-state index is 12.8. The van der Waals surface area contributed by atoms with Crippen molar-refractivity contribution in [3.63, 3.8) is 0 Å². The van der Waals surface area contributed by atoms with Crippen LogP contribution in [0.5, 0.6) is 0 Å². The largest absolute Gasteiger partial charge is 0.397 e. The van der Waals surface area contributed by atoms with E-state index in [9.17, 15) is 4.79 Å². The lowest BCUT2D eigenvalue weighted by Crippen LogP contribution is -2.31. The number of anilines is 2. The molecule has 0 saturated carbocycles. The first kappa shape index (κ1) is 14.1. The van der Waals surface area contributed by atoms with Crippen LogP contribution in [0.2, 0.25) is 0 Å². The van der Waals surface area contributed by atoms with Crippen LogP contribution in [0.25, 0.3) is 0 Å². The lowest BCUT2D eigenvalue weighted by Gasteiger charge is -2.23. The maximum atomic E-state index is 12.8. The van der Waals surface area contributed by atoms with Gasteiger partial charge >= 0.3 is 0 Å². The first-order chi connectivity index (χ1) is 9.56. The minimum atomic E-state index is -0.00778. The monoisotopic (exact) mass is 268 g/mol. The van der Waals surface area contributed by atoms with Gasteiger partial charge in [-0.1, -0.05) is 24.3 Å². The molecular formula is C17H20N2O. The second-order valence-corrected chi connectivity index (χ2v) is 4.86. The molecule has 0 aliphatic heterocycles. The number of hydrogen-bond acceptors (Lipinski definition) is 2. The number of nitrogens with zero attached hydrogens (tertiary/aromatic N) is 1. The molecule has 3 nitrogen and oxygen atoms in total. The lowest BCUT2D eigenvalue weighted by atomic mass is 10.0. The highest BCUT2D eigenvalue weighted by atomic mass is 16.2. The molecule has 0 atom stereocenters. The van der Waals surface area contributed by atoms with Crippen LogP contribution in [0.1, 0.15) is 28.4 Å². The van der Waals surface area contributed by atoms with Crippen LogP contribution in [0.3, 0.4) is 0 Å². The summed E-state index contributed by atoms with van der Waals surface area (Å²) in [6, 6.07) is 13.2. The van der Waals surface area contributed by atoms with Gasteiger partial charge < -0.3 is 10.6 Å². The van der Waals surface area contributed by atoms with Gasteiger partial charge in [0, 0.05) is 12.1 Å². The molecule has 104 valence electrons. The van der Waals surface area contributed by atoms with Gasteiger partial charge in [-0.25, -0.2) is 0 Å². The molecule has 0 aliphatic carbocycles. The van der Waals surface area contributed by atoms with E-state index in [4.69, 9.17) is 5.73 Å². The van der Waals surface area contributed by atoms with Gasteiger partial charge in [0.15, 0.2) is 0 Å². The standard InChI is InChI=1S/C17H20N2O/c1-4-19(16-11-6-5-10-15(16)18)17(20)14-9-7-8-12(2)13(14)3/h5-11H,4,18H2,1-3H3. The number of para-hydroxylation sites is 2. The fourth-order valence-electron chi connectivity index (χ4n) is 2.28. The molecule has 20 heavy (non-hydrogen) atoms. The van der Waals surface area contributed by atoms with Gasteiger partial charge in [-0.15, -0.1) is 0 Å². The molecule has 0 aromatic heterocycles. The van der Waals surface area contributed by atoms with E-state index in [2.05, 4.69) is 0 Å². The van der Waals surface area contributed by atoms with Crippen LogP contribution in [-0.2, 0) is 0 Å². The number of nitrogen functional groups attached to an aromatic ring is 1. The second-order valence-electron chi connectivity index (χ2n) is 4.86. The van der Waals surface area contributed by atoms with Crippen LogP contribution in [-0.4, -0.2) is 12.5 Å². The molecule has 2 aromatic rings. The Morgan fingerprint density at radius 3 is 2.45 bits per heavy atom. The third-order valence-corrected chi connectivity index (χ3v) is 3.62. The Labute approximate surface area is 120 Å². The summed E-state index contributed by atoms with van der Waals surface area (Å²) in [7, 11) is 0. The van der Waals surface area contributed by atoms with Gasteiger partial charge in [-0.3, -0.25) is 4.79 Å². The van der Waals surface area contributed by atoms with Crippen LogP contribution in [0.15, 0.2) is 42.5 Å². The second kappa shape index (κ2) is 5.78. The van der Waals surface area contributed by atoms with Gasteiger partial charge in [0.05, 0.1) is 11.4 Å². The minimum Gasteiger partial charge on any atom is -0.397 e. The highest BCUT2D eigenvalue weighted by Gasteiger charge is 2.19. The molecule has 0 spiro atoms. The SMILES string of the molecule is CCN(C(=O)c1cccc(C)c1C)c1ccccc1N. The van der Waals surface area contributed by atoms with E-state index in [1.165, 1.54) is 0 Å². The van der Waals surface area contributed by atoms with E-state index in [-0.39, 0.29) is 5.91 Å². The van der Waals surface area contributed by atoms with Crippen molar-refractivity contribution in [3.8, 4) is 0 Å². The average Bonchev–Trinajstić information content (AvgIpc) is 2.44. The number of carbonyl (C=O) groups excluding carboxylic acids is 1. The number of hydrogen-bond donors (Lipinski definition) is 1. The number of aryl methyl sites for hydroxylation is 1. The number of carbonyl (C=O) groups is 1. The van der Waals surface area contributed by atoms with Crippen molar-refractivity contribution in [2.24, 2.45) is 0 Å². The summed E-state index contributed by atoms with van der Waals surface area (Å²) in [5.41, 5.74) is 10.2. The molecule has 0 radical (unpaired) electrons. The number of benzene rings is 2. The summed E-state index contributed by atoms with van der Waals surface area (Å²) in [5.74, 6) is -0.00778. The van der Waals surface area contributed by atoms with Crippen LogP contribution < -0.4 is 10.6 Å². The van der Waals surface area contributed by atoms with Crippen molar-refractivity contribution < 1.29 is 4.79 Å². The van der Waals surface area contributed by atoms with E-state index < -0.39 is 0 Å². The zero-order valence-corrected chi connectivity index (χ0v) is 12.2. The third-order valence-electron chi connectivity index (χ3n) is 3.62. The van der Waals surface area contributed by atoms with E-state index in [1.54, 1.807) is 4.90 Å². The molecule has 0 fully saturated rings. The van der Waals surface area contributed by atoms with E-state index >= 15 is 0 Å². The molecule has 0 aliphatic rings.